The maximum atomic E-state index is 13.3. The third-order valence-corrected chi connectivity index (χ3v) is 3.32. The molecule has 2 rings (SSSR count). The Labute approximate surface area is 128 Å². The molecule has 0 saturated heterocycles. The van der Waals surface area contributed by atoms with Gasteiger partial charge < -0.3 is 15.2 Å². The molecule has 3 nitrogen and oxygen atoms in total. The van der Waals surface area contributed by atoms with Crippen molar-refractivity contribution in [3.63, 3.8) is 0 Å². The summed E-state index contributed by atoms with van der Waals surface area (Å²) in [5.41, 5.74) is 7.27. The van der Waals surface area contributed by atoms with Crippen molar-refractivity contribution < 1.29 is 13.9 Å². The van der Waals surface area contributed by atoms with Crippen molar-refractivity contribution in [1.29, 1.82) is 0 Å². The maximum absolute atomic E-state index is 13.3. The van der Waals surface area contributed by atoms with Gasteiger partial charge >= 0.3 is 0 Å². The molecule has 2 aromatic rings. The van der Waals surface area contributed by atoms with E-state index in [2.05, 4.69) is 0 Å². The Kier molecular flexibility index (Phi) is 5.04. The number of nitrogens with two attached hydrogens (primary N) is 1. The molecule has 112 valence electrons. The van der Waals surface area contributed by atoms with Crippen LogP contribution < -0.4 is 15.2 Å². The minimum Gasteiger partial charge on any atom is -0.496 e. The first kappa shape index (κ1) is 15.6. The number of halogens is 2. The van der Waals surface area contributed by atoms with Gasteiger partial charge in [-0.2, -0.15) is 0 Å². The zero-order valence-corrected chi connectivity index (χ0v) is 12.7. The van der Waals surface area contributed by atoms with Crippen molar-refractivity contribution in [2.24, 2.45) is 5.73 Å². The van der Waals surface area contributed by atoms with Crippen molar-refractivity contribution in [1.82, 2.24) is 0 Å². The van der Waals surface area contributed by atoms with Crippen LogP contribution in [-0.2, 0) is 6.61 Å². The normalized spacial score (nSPS) is 12.0. The first-order valence-corrected chi connectivity index (χ1v) is 6.89. The smallest absolute Gasteiger partial charge is 0.125 e. The van der Waals surface area contributed by atoms with Crippen molar-refractivity contribution >= 4 is 11.6 Å². The fourth-order valence-corrected chi connectivity index (χ4v) is 2.22. The second kappa shape index (κ2) is 6.78. The number of ether oxygens (including phenoxy) is 2. The highest BCUT2D eigenvalue weighted by Crippen LogP contribution is 2.28. The number of methoxy groups -OCH3 is 1. The highest BCUT2D eigenvalue weighted by molar-refractivity contribution is 6.30. The Bertz CT molecular complexity index is 632. The highest BCUT2D eigenvalue weighted by Gasteiger charge is 2.11. The zero-order valence-electron chi connectivity index (χ0n) is 11.9. The Morgan fingerprint density at radius 1 is 1.19 bits per heavy atom. The second-order valence-corrected chi connectivity index (χ2v) is 5.15. The average molecular weight is 310 g/mol. The molecule has 0 heterocycles. The molecule has 21 heavy (non-hydrogen) atoms. The van der Waals surface area contributed by atoms with E-state index in [4.69, 9.17) is 26.8 Å². The topological polar surface area (TPSA) is 44.5 Å². The van der Waals surface area contributed by atoms with Gasteiger partial charge in [0.1, 0.15) is 23.9 Å². The molecule has 0 aliphatic carbocycles. The number of hydrogen-bond donors (Lipinski definition) is 1. The van der Waals surface area contributed by atoms with E-state index < -0.39 is 0 Å². The zero-order chi connectivity index (χ0) is 15.4. The lowest BCUT2D eigenvalue weighted by Crippen LogP contribution is -2.09. The van der Waals surface area contributed by atoms with Crippen LogP contribution in [-0.4, -0.2) is 7.11 Å². The molecule has 0 unspecified atom stereocenters. The molecule has 0 saturated carbocycles. The third-order valence-electron chi connectivity index (χ3n) is 3.09. The van der Waals surface area contributed by atoms with Crippen LogP contribution in [0.1, 0.15) is 24.1 Å². The van der Waals surface area contributed by atoms with E-state index in [9.17, 15) is 4.39 Å². The van der Waals surface area contributed by atoms with Gasteiger partial charge in [0.25, 0.3) is 0 Å². The largest absolute Gasteiger partial charge is 0.496 e. The van der Waals surface area contributed by atoms with E-state index in [1.54, 1.807) is 38.3 Å². The molecule has 0 spiro atoms. The molecule has 2 aromatic carbocycles. The summed E-state index contributed by atoms with van der Waals surface area (Å²) in [4.78, 5) is 0. The molecule has 0 aliphatic rings. The maximum Gasteiger partial charge on any atom is 0.125 e. The Balaban J connectivity index is 2.22. The average Bonchev–Trinajstić information content (AvgIpc) is 2.46. The predicted molar refractivity (Wildman–Crippen MR) is 81.3 cm³/mol. The molecule has 0 aliphatic heterocycles. The van der Waals surface area contributed by atoms with Crippen LogP contribution in [0.3, 0.4) is 0 Å². The molecule has 0 bridgehead atoms. The van der Waals surface area contributed by atoms with Crippen LogP contribution in [0.25, 0.3) is 0 Å². The van der Waals surface area contributed by atoms with E-state index >= 15 is 0 Å². The van der Waals surface area contributed by atoms with Gasteiger partial charge in [0.2, 0.25) is 0 Å². The summed E-state index contributed by atoms with van der Waals surface area (Å²) in [6.45, 7) is 2.04. The molecule has 0 amide bonds. The highest BCUT2D eigenvalue weighted by atomic mass is 35.5. The molecule has 5 heteroatoms. The SMILES string of the molecule is COc1ccc(Cl)cc1COc1ccc(F)cc1[C@H](C)N. The lowest BCUT2D eigenvalue weighted by Gasteiger charge is -2.15. The number of rotatable bonds is 5. The Hall–Kier alpha value is -1.78. The monoisotopic (exact) mass is 309 g/mol. The Morgan fingerprint density at radius 2 is 1.90 bits per heavy atom. The Morgan fingerprint density at radius 3 is 2.57 bits per heavy atom. The molecule has 0 fully saturated rings. The third kappa shape index (κ3) is 3.86. The summed E-state index contributed by atoms with van der Waals surface area (Å²) in [5, 5.41) is 0.598. The van der Waals surface area contributed by atoms with Gasteiger partial charge in [-0.25, -0.2) is 4.39 Å². The van der Waals surface area contributed by atoms with Crippen LogP contribution in [0, 0.1) is 5.82 Å². The van der Waals surface area contributed by atoms with Crippen LogP contribution >= 0.6 is 11.6 Å². The minimum atomic E-state index is -0.338. The van der Waals surface area contributed by atoms with E-state index in [0.29, 0.717) is 22.1 Å². The van der Waals surface area contributed by atoms with Crippen LogP contribution in [0.4, 0.5) is 4.39 Å². The summed E-state index contributed by atoms with van der Waals surface area (Å²) in [6.07, 6.45) is 0. The number of benzene rings is 2. The van der Waals surface area contributed by atoms with Gasteiger partial charge in [-0.15, -0.1) is 0 Å². The molecule has 0 radical (unpaired) electrons. The van der Waals surface area contributed by atoms with Crippen molar-refractivity contribution in [3.8, 4) is 11.5 Å². The molecule has 0 aromatic heterocycles. The standard InChI is InChI=1S/C16H17ClFNO2/c1-10(19)14-8-13(18)4-6-16(14)21-9-11-7-12(17)3-5-15(11)20-2/h3-8,10H,9,19H2,1-2H3/t10-/m0/s1. The van der Waals surface area contributed by atoms with E-state index in [1.165, 1.54) is 12.1 Å². The van der Waals surface area contributed by atoms with Gasteiger partial charge in [-0.1, -0.05) is 11.6 Å². The summed E-state index contributed by atoms with van der Waals surface area (Å²) < 4.78 is 24.3. The van der Waals surface area contributed by atoms with Gasteiger partial charge in [0.15, 0.2) is 0 Å². The van der Waals surface area contributed by atoms with Crippen LogP contribution in [0.2, 0.25) is 5.02 Å². The van der Waals surface area contributed by atoms with Crippen LogP contribution in [0.5, 0.6) is 11.5 Å². The second-order valence-electron chi connectivity index (χ2n) is 4.72. The molecule has 2 N–H and O–H groups in total. The quantitative estimate of drug-likeness (QED) is 0.905. The number of hydrogen-bond acceptors (Lipinski definition) is 3. The molecule has 1 atom stereocenters. The van der Waals surface area contributed by atoms with E-state index in [0.717, 1.165) is 5.56 Å². The fourth-order valence-electron chi connectivity index (χ4n) is 2.02. The molecular formula is C16H17ClFNO2. The van der Waals surface area contributed by atoms with Crippen molar-refractivity contribution in [2.75, 3.05) is 7.11 Å². The summed E-state index contributed by atoms with van der Waals surface area (Å²) in [5.74, 6) is 0.896. The predicted octanol–water partition coefficient (Wildman–Crippen LogP) is 4.09. The molecular weight excluding hydrogens is 293 g/mol. The van der Waals surface area contributed by atoms with Crippen LogP contribution in [0.15, 0.2) is 36.4 Å². The lowest BCUT2D eigenvalue weighted by molar-refractivity contribution is 0.292. The van der Waals surface area contributed by atoms with Crippen molar-refractivity contribution in [3.05, 3.63) is 58.4 Å². The first-order chi connectivity index (χ1) is 10.0. The lowest BCUT2D eigenvalue weighted by atomic mass is 10.1. The van der Waals surface area contributed by atoms with E-state index in [-0.39, 0.29) is 18.5 Å². The van der Waals surface area contributed by atoms with Gasteiger partial charge in [0, 0.05) is 22.2 Å². The van der Waals surface area contributed by atoms with Crippen molar-refractivity contribution in [2.45, 2.75) is 19.6 Å². The van der Waals surface area contributed by atoms with E-state index in [1.807, 2.05) is 0 Å². The van der Waals surface area contributed by atoms with Gasteiger partial charge in [-0.05, 0) is 43.3 Å². The first-order valence-electron chi connectivity index (χ1n) is 6.51. The summed E-state index contributed by atoms with van der Waals surface area (Å²) in [7, 11) is 1.58. The fraction of sp³-hybridized carbons (Fsp3) is 0.250. The van der Waals surface area contributed by atoms with Gasteiger partial charge in [0.05, 0.1) is 7.11 Å². The van der Waals surface area contributed by atoms with Gasteiger partial charge in [-0.3, -0.25) is 0 Å². The summed E-state index contributed by atoms with van der Waals surface area (Å²) >= 11 is 5.98. The minimum absolute atomic E-state index is 0.259. The summed E-state index contributed by atoms with van der Waals surface area (Å²) in [6, 6.07) is 9.27.